The Morgan fingerprint density at radius 2 is 0.487 bits per heavy atom. The zero-order valence-electron chi connectivity index (χ0n) is 52.8. The molecule has 0 amide bonds. The predicted octanol–water partition coefficient (Wildman–Crippen LogP) is 23.6. The molecule has 0 aromatic heterocycles. The van der Waals surface area contributed by atoms with E-state index in [1.54, 1.807) is 0 Å². The van der Waals surface area contributed by atoms with E-state index >= 15 is 0 Å². The van der Waals surface area contributed by atoms with Crippen LogP contribution in [0.25, 0.3) is 0 Å². The van der Waals surface area contributed by atoms with E-state index in [4.69, 9.17) is 14.2 Å². The fraction of sp³-hybridized carbons (Fsp3) is 0.743. The summed E-state index contributed by atoms with van der Waals surface area (Å²) in [5, 5.41) is 0. The van der Waals surface area contributed by atoms with Crippen molar-refractivity contribution in [2.24, 2.45) is 0 Å². The van der Waals surface area contributed by atoms with Crippen molar-refractivity contribution in [1.82, 2.24) is 0 Å². The average Bonchev–Trinajstić information content (AvgIpc) is 3.46. The maximum absolute atomic E-state index is 12.9. The number of unbranched alkanes of at least 4 members (excludes halogenated alkanes) is 35. The number of carbonyl (C=O) groups is 3. The van der Waals surface area contributed by atoms with Crippen molar-refractivity contribution in [3.05, 3.63) is 97.2 Å². The molecule has 0 aromatic rings. The highest BCUT2D eigenvalue weighted by atomic mass is 16.6. The van der Waals surface area contributed by atoms with Crippen LogP contribution in [-0.4, -0.2) is 37.2 Å². The molecule has 0 spiro atoms. The van der Waals surface area contributed by atoms with Crippen LogP contribution in [0.15, 0.2) is 97.2 Å². The fourth-order valence-electron chi connectivity index (χ4n) is 9.71. The van der Waals surface area contributed by atoms with Crippen LogP contribution in [-0.2, 0) is 28.6 Å². The summed E-state index contributed by atoms with van der Waals surface area (Å²) < 4.78 is 16.9. The number of allylic oxidation sites excluding steroid dienone is 16. The van der Waals surface area contributed by atoms with Crippen molar-refractivity contribution < 1.29 is 28.6 Å². The summed E-state index contributed by atoms with van der Waals surface area (Å²) in [4.78, 5) is 38.3. The van der Waals surface area contributed by atoms with Crippen LogP contribution in [0.3, 0.4) is 0 Å². The monoisotopic (exact) mass is 1110 g/mol. The van der Waals surface area contributed by atoms with Gasteiger partial charge in [-0.15, -0.1) is 0 Å². The minimum atomic E-state index is -0.783. The molecule has 0 aromatic carbocycles. The third-order valence-electron chi connectivity index (χ3n) is 14.8. The number of hydrogen-bond donors (Lipinski definition) is 0. The minimum absolute atomic E-state index is 0.0785. The molecule has 1 unspecified atom stereocenters. The summed E-state index contributed by atoms with van der Waals surface area (Å²) in [7, 11) is 0. The van der Waals surface area contributed by atoms with Gasteiger partial charge in [0.05, 0.1) is 0 Å². The zero-order valence-corrected chi connectivity index (χ0v) is 52.8. The number of rotatable bonds is 62. The Balaban J connectivity index is 4.22. The van der Waals surface area contributed by atoms with Gasteiger partial charge in [-0.1, -0.05) is 311 Å². The second kappa shape index (κ2) is 67.8. The highest BCUT2D eigenvalue weighted by Gasteiger charge is 2.19. The molecule has 460 valence electrons. The predicted molar refractivity (Wildman–Crippen MR) is 348 cm³/mol. The summed E-state index contributed by atoms with van der Waals surface area (Å²) in [6.07, 6.45) is 91.4. The van der Waals surface area contributed by atoms with Gasteiger partial charge in [0.2, 0.25) is 0 Å². The molecule has 6 nitrogen and oxygen atoms in total. The summed E-state index contributed by atoms with van der Waals surface area (Å²) in [5.74, 6) is -0.877. The molecule has 0 saturated heterocycles. The van der Waals surface area contributed by atoms with Crippen LogP contribution in [0.5, 0.6) is 0 Å². The van der Waals surface area contributed by atoms with E-state index in [-0.39, 0.29) is 31.1 Å². The van der Waals surface area contributed by atoms with E-state index in [1.807, 2.05) is 0 Å². The number of carbonyl (C=O) groups excluding carboxylic acids is 3. The molecular formula is C74H128O6. The quantitative estimate of drug-likeness (QED) is 0.0261. The summed E-state index contributed by atoms with van der Waals surface area (Å²) in [6.45, 7) is 6.52. The van der Waals surface area contributed by atoms with Crippen LogP contribution in [0.4, 0.5) is 0 Å². The molecule has 6 heteroatoms. The zero-order chi connectivity index (χ0) is 57.8. The lowest BCUT2D eigenvalue weighted by Gasteiger charge is -2.18. The second-order valence-electron chi connectivity index (χ2n) is 22.7. The molecule has 80 heavy (non-hydrogen) atoms. The van der Waals surface area contributed by atoms with Crippen molar-refractivity contribution in [2.75, 3.05) is 13.2 Å². The first kappa shape index (κ1) is 76.3. The molecule has 0 heterocycles. The minimum Gasteiger partial charge on any atom is -0.462 e. The first-order valence-corrected chi connectivity index (χ1v) is 34.2. The molecule has 1 atom stereocenters. The number of hydrogen-bond acceptors (Lipinski definition) is 6. The number of esters is 3. The van der Waals surface area contributed by atoms with Crippen molar-refractivity contribution >= 4 is 17.9 Å². The van der Waals surface area contributed by atoms with E-state index in [9.17, 15) is 14.4 Å². The highest BCUT2D eigenvalue weighted by molar-refractivity contribution is 5.71. The maximum Gasteiger partial charge on any atom is 0.306 e. The van der Waals surface area contributed by atoms with E-state index in [0.29, 0.717) is 19.3 Å². The van der Waals surface area contributed by atoms with Gasteiger partial charge in [-0.2, -0.15) is 0 Å². The van der Waals surface area contributed by atoms with Crippen molar-refractivity contribution in [3.8, 4) is 0 Å². The normalized spacial score (nSPS) is 12.7. The third kappa shape index (κ3) is 65.1. The van der Waals surface area contributed by atoms with Crippen molar-refractivity contribution in [3.63, 3.8) is 0 Å². The largest absolute Gasteiger partial charge is 0.462 e. The summed E-state index contributed by atoms with van der Waals surface area (Å²) in [6, 6.07) is 0. The maximum atomic E-state index is 12.9. The molecule has 0 N–H and O–H groups in total. The number of ether oxygens (including phenoxy) is 3. The lowest BCUT2D eigenvalue weighted by molar-refractivity contribution is -0.167. The first-order chi connectivity index (χ1) is 39.5. The second-order valence-corrected chi connectivity index (χ2v) is 22.7. The smallest absolute Gasteiger partial charge is 0.306 e. The Morgan fingerprint density at radius 3 is 0.787 bits per heavy atom. The van der Waals surface area contributed by atoms with Crippen molar-refractivity contribution in [2.45, 2.75) is 341 Å². The molecule has 0 rings (SSSR count). The molecule has 0 aliphatic rings. The van der Waals surface area contributed by atoms with E-state index in [0.717, 1.165) is 116 Å². The van der Waals surface area contributed by atoms with Gasteiger partial charge in [0.1, 0.15) is 13.2 Å². The van der Waals surface area contributed by atoms with Crippen LogP contribution in [0, 0.1) is 0 Å². The van der Waals surface area contributed by atoms with Gasteiger partial charge >= 0.3 is 17.9 Å². The van der Waals surface area contributed by atoms with E-state index in [2.05, 4.69) is 118 Å². The van der Waals surface area contributed by atoms with Crippen LogP contribution in [0.1, 0.15) is 335 Å². The van der Waals surface area contributed by atoms with Crippen LogP contribution in [0.2, 0.25) is 0 Å². The van der Waals surface area contributed by atoms with Gasteiger partial charge in [0, 0.05) is 19.3 Å². The summed E-state index contributed by atoms with van der Waals surface area (Å²) >= 11 is 0. The van der Waals surface area contributed by atoms with Gasteiger partial charge in [0.25, 0.3) is 0 Å². The fourth-order valence-corrected chi connectivity index (χ4v) is 9.71. The van der Waals surface area contributed by atoms with Crippen LogP contribution < -0.4 is 0 Å². The molecule has 0 aliphatic heterocycles. The van der Waals surface area contributed by atoms with Gasteiger partial charge in [-0.3, -0.25) is 14.4 Å². The lowest BCUT2D eigenvalue weighted by Crippen LogP contribution is -2.30. The molecule has 0 fully saturated rings. The van der Waals surface area contributed by atoms with Gasteiger partial charge in [-0.05, 0) is 103 Å². The van der Waals surface area contributed by atoms with Gasteiger partial charge in [0.15, 0.2) is 6.10 Å². The summed E-state index contributed by atoms with van der Waals surface area (Å²) in [5.41, 5.74) is 0. The Morgan fingerprint density at radius 1 is 0.263 bits per heavy atom. The Labute approximate surface area is 496 Å². The molecule has 0 bridgehead atoms. The first-order valence-electron chi connectivity index (χ1n) is 34.2. The van der Waals surface area contributed by atoms with E-state index in [1.165, 1.54) is 180 Å². The lowest BCUT2D eigenvalue weighted by atomic mass is 10.0. The van der Waals surface area contributed by atoms with E-state index < -0.39 is 6.10 Å². The van der Waals surface area contributed by atoms with Crippen LogP contribution >= 0.6 is 0 Å². The van der Waals surface area contributed by atoms with Gasteiger partial charge < -0.3 is 14.2 Å². The molecule has 0 aliphatic carbocycles. The molecular weight excluding hydrogens is 985 g/mol. The Hall–Kier alpha value is -3.67. The highest BCUT2D eigenvalue weighted by Crippen LogP contribution is 2.17. The molecule has 0 saturated carbocycles. The standard InChI is InChI=1S/C74H128O6/c1-4-7-10-13-16-19-22-25-27-29-31-32-33-34-35-36-37-38-39-40-41-42-44-45-47-49-52-55-58-61-64-67-73(76)79-70-71(69-78-72(75)66-63-60-57-54-51-24-21-18-15-12-9-6-3)80-74(77)68-65-62-59-56-53-50-48-46-43-30-28-26-23-20-17-14-11-8-5-2/h7,10,16-17,19-20,25-28,31-32,34-35,43,46,71H,4-6,8-9,11-15,18,21-24,29-30,33,36-42,44-45,47-70H2,1-3H3/b10-7-,19-16-,20-17-,27-25-,28-26-,32-31-,35-34-,46-43-. The SMILES string of the molecule is CC/C=C\C/C=C\C/C=C\C/C=C\C/C=C\CCCCCCCCCCCCCCCCCC(=O)OCC(COC(=O)CCCCCCCCCCCCCC)OC(=O)CCCCCCCC/C=C\C/C=C\C/C=C\CCCCC. The molecule has 0 radical (unpaired) electrons. The Bertz CT molecular complexity index is 1560. The average molecular weight is 1110 g/mol. The third-order valence-corrected chi connectivity index (χ3v) is 14.8. The van der Waals surface area contributed by atoms with Crippen molar-refractivity contribution in [1.29, 1.82) is 0 Å². The Kier molecular flexibility index (Phi) is 64.7. The van der Waals surface area contributed by atoms with Gasteiger partial charge in [-0.25, -0.2) is 0 Å². The topological polar surface area (TPSA) is 78.9 Å².